The zero-order chi connectivity index (χ0) is 14.2. The number of esters is 1. The first kappa shape index (κ1) is 15.0. The first-order valence-corrected chi connectivity index (χ1v) is 7.64. The number of hydrogen-bond donors (Lipinski definition) is 1. The first-order valence-electron chi connectivity index (χ1n) is 7.64. The van der Waals surface area contributed by atoms with Gasteiger partial charge in [0.25, 0.3) is 0 Å². The molecule has 1 atom stereocenters. The van der Waals surface area contributed by atoms with E-state index in [4.69, 9.17) is 4.74 Å². The van der Waals surface area contributed by atoms with Crippen LogP contribution in [0.3, 0.4) is 0 Å². The van der Waals surface area contributed by atoms with E-state index in [1.807, 2.05) is 30.3 Å². The Balaban J connectivity index is 1.86. The van der Waals surface area contributed by atoms with Gasteiger partial charge in [0.15, 0.2) is 0 Å². The molecule has 0 heterocycles. The standard InChI is InChI=1S/C17H25NO2/c1-20-17(19)16(15-10-6-3-7-11-15)13-18-12-14-8-4-2-5-9-14/h3,6-7,10-11,14,16,18H,2,4-5,8-9,12-13H2,1H3. The molecule has 1 fully saturated rings. The van der Waals surface area contributed by atoms with Crippen molar-refractivity contribution in [2.24, 2.45) is 5.92 Å². The van der Waals surface area contributed by atoms with Crippen molar-refractivity contribution in [3.63, 3.8) is 0 Å². The molecule has 0 aliphatic heterocycles. The Morgan fingerprint density at radius 2 is 1.95 bits per heavy atom. The average Bonchev–Trinajstić information content (AvgIpc) is 2.53. The zero-order valence-electron chi connectivity index (χ0n) is 12.3. The highest BCUT2D eigenvalue weighted by Gasteiger charge is 2.21. The molecule has 1 unspecified atom stereocenters. The van der Waals surface area contributed by atoms with Crippen LogP contribution in [0.1, 0.15) is 43.6 Å². The summed E-state index contributed by atoms with van der Waals surface area (Å²) in [6, 6.07) is 9.87. The van der Waals surface area contributed by atoms with Gasteiger partial charge in [0.1, 0.15) is 0 Å². The van der Waals surface area contributed by atoms with Crippen LogP contribution in [-0.2, 0) is 9.53 Å². The third-order valence-electron chi connectivity index (χ3n) is 4.19. The number of nitrogens with one attached hydrogen (secondary N) is 1. The summed E-state index contributed by atoms with van der Waals surface area (Å²) < 4.78 is 4.93. The molecule has 1 aliphatic carbocycles. The molecule has 3 nitrogen and oxygen atoms in total. The number of rotatable bonds is 6. The van der Waals surface area contributed by atoms with E-state index >= 15 is 0 Å². The Morgan fingerprint density at radius 1 is 1.25 bits per heavy atom. The minimum atomic E-state index is -0.204. The summed E-state index contributed by atoms with van der Waals surface area (Å²) in [5.41, 5.74) is 1.02. The van der Waals surface area contributed by atoms with Crippen molar-refractivity contribution in [1.82, 2.24) is 5.32 Å². The smallest absolute Gasteiger partial charge is 0.314 e. The molecule has 1 aromatic rings. The Bertz CT molecular complexity index is 399. The van der Waals surface area contributed by atoms with Gasteiger partial charge in [-0.15, -0.1) is 0 Å². The molecule has 0 amide bonds. The van der Waals surface area contributed by atoms with Gasteiger partial charge in [-0.05, 0) is 30.9 Å². The van der Waals surface area contributed by atoms with Gasteiger partial charge < -0.3 is 10.1 Å². The van der Waals surface area contributed by atoms with Gasteiger partial charge >= 0.3 is 5.97 Å². The van der Waals surface area contributed by atoms with E-state index in [-0.39, 0.29) is 11.9 Å². The molecule has 1 N–H and O–H groups in total. The quantitative estimate of drug-likeness (QED) is 0.811. The maximum Gasteiger partial charge on any atom is 0.314 e. The van der Waals surface area contributed by atoms with Crippen molar-refractivity contribution in [2.45, 2.75) is 38.0 Å². The lowest BCUT2D eigenvalue weighted by Crippen LogP contribution is -2.32. The van der Waals surface area contributed by atoms with Gasteiger partial charge in [-0.25, -0.2) is 0 Å². The molecule has 2 rings (SSSR count). The summed E-state index contributed by atoms with van der Waals surface area (Å²) in [4.78, 5) is 11.9. The fourth-order valence-electron chi connectivity index (χ4n) is 2.99. The number of benzene rings is 1. The highest BCUT2D eigenvalue weighted by atomic mass is 16.5. The van der Waals surface area contributed by atoms with Crippen LogP contribution in [0.15, 0.2) is 30.3 Å². The third-order valence-corrected chi connectivity index (χ3v) is 4.19. The molecular formula is C17H25NO2. The van der Waals surface area contributed by atoms with Crippen molar-refractivity contribution in [3.05, 3.63) is 35.9 Å². The summed E-state index contributed by atoms with van der Waals surface area (Å²) in [7, 11) is 1.46. The van der Waals surface area contributed by atoms with Gasteiger partial charge in [-0.3, -0.25) is 4.79 Å². The lowest BCUT2D eigenvalue weighted by atomic mass is 9.89. The van der Waals surface area contributed by atoms with E-state index in [0.29, 0.717) is 6.54 Å². The second-order valence-electron chi connectivity index (χ2n) is 5.65. The van der Waals surface area contributed by atoms with Crippen LogP contribution < -0.4 is 5.32 Å². The fraction of sp³-hybridized carbons (Fsp3) is 0.588. The molecule has 20 heavy (non-hydrogen) atoms. The molecule has 0 spiro atoms. The SMILES string of the molecule is COC(=O)C(CNCC1CCCCC1)c1ccccc1. The lowest BCUT2D eigenvalue weighted by molar-refractivity contribution is -0.142. The van der Waals surface area contributed by atoms with E-state index in [1.54, 1.807) is 0 Å². The average molecular weight is 275 g/mol. The minimum Gasteiger partial charge on any atom is -0.469 e. The third kappa shape index (κ3) is 4.34. The van der Waals surface area contributed by atoms with E-state index in [1.165, 1.54) is 39.2 Å². The van der Waals surface area contributed by atoms with Crippen LogP contribution in [-0.4, -0.2) is 26.2 Å². The van der Waals surface area contributed by atoms with E-state index in [2.05, 4.69) is 5.32 Å². The first-order chi connectivity index (χ1) is 9.81. The number of carbonyl (C=O) groups is 1. The van der Waals surface area contributed by atoms with Gasteiger partial charge in [0.2, 0.25) is 0 Å². The molecule has 0 bridgehead atoms. The van der Waals surface area contributed by atoms with E-state index < -0.39 is 0 Å². The second kappa shape index (κ2) is 8.05. The Kier molecular flexibility index (Phi) is 6.06. The van der Waals surface area contributed by atoms with E-state index in [0.717, 1.165) is 18.0 Å². The Morgan fingerprint density at radius 3 is 2.60 bits per heavy atom. The Labute approximate surface area is 121 Å². The van der Waals surface area contributed by atoms with Crippen LogP contribution in [0.2, 0.25) is 0 Å². The molecule has 0 aromatic heterocycles. The molecule has 110 valence electrons. The summed E-state index contributed by atoms with van der Waals surface area (Å²) >= 11 is 0. The number of carbonyl (C=O) groups excluding carboxylic acids is 1. The fourth-order valence-corrected chi connectivity index (χ4v) is 2.99. The zero-order valence-corrected chi connectivity index (χ0v) is 12.3. The highest BCUT2D eigenvalue weighted by Crippen LogP contribution is 2.23. The molecule has 1 aliphatic rings. The van der Waals surface area contributed by atoms with Crippen molar-refractivity contribution < 1.29 is 9.53 Å². The topological polar surface area (TPSA) is 38.3 Å². The summed E-state index contributed by atoms with van der Waals surface area (Å²) in [6.07, 6.45) is 6.73. The van der Waals surface area contributed by atoms with Crippen LogP contribution in [0.5, 0.6) is 0 Å². The largest absolute Gasteiger partial charge is 0.469 e. The van der Waals surface area contributed by atoms with Crippen molar-refractivity contribution in [3.8, 4) is 0 Å². The van der Waals surface area contributed by atoms with Crippen LogP contribution in [0.25, 0.3) is 0 Å². The molecule has 0 radical (unpaired) electrons. The van der Waals surface area contributed by atoms with Crippen LogP contribution in [0, 0.1) is 5.92 Å². The van der Waals surface area contributed by atoms with Crippen LogP contribution in [0.4, 0.5) is 0 Å². The van der Waals surface area contributed by atoms with Crippen molar-refractivity contribution >= 4 is 5.97 Å². The summed E-state index contributed by atoms with van der Waals surface area (Å²) in [5, 5.41) is 3.47. The number of ether oxygens (including phenoxy) is 1. The number of hydrogen-bond acceptors (Lipinski definition) is 3. The lowest BCUT2D eigenvalue weighted by Gasteiger charge is -2.23. The Hall–Kier alpha value is -1.35. The normalized spacial score (nSPS) is 17.6. The predicted molar refractivity (Wildman–Crippen MR) is 80.6 cm³/mol. The van der Waals surface area contributed by atoms with Crippen LogP contribution >= 0.6 is 0 Å². The van der Waals surface area contributed by atoms with E-state index in [9.17, 15) is 4.79 Å². The second-order valence-corrected chi connectivity index (χ2v) is 5.65. The summed E-state index contributed by atoms with van der Waals surface area (Å²) in [6.45, 7) is 1.67. The molecule has 1 aromatic carbocycles. The van der Waals surface area contributed by atoms with Crippen molar-refractivity contribution in [1.29, 1.82) is 0 Å². The summed E-state index contributed by atoms with van der Waals surface area (Å²) in [5.74, 6) is 0.412. The van der Waals surface area contributed by atoms with Gasteiger partial charge in [0, 0.05) is 6.54 Å². The molecule has 1 saturated carbocycles. The molecule has 0 saturated heterocycles. The highest BCUT2D eigenvalue weighted by molar-refractivity contribution is 5.78. The maximum absolute atomic E-state index is 11.9. The molecule has 3 heteroatoms. The monoisotopic (exact) mass is 275 g/mol. The predicted octanol–water partition coefficient (Wildman–Crippen LogP) is 3.11. The van der Waals surface area contributed by atoms with Gasteiger partial charge in [-0.1, -0.05) is 49.6 Å². The maximum atomic E-state index is 11.9. The van der Waals surface area contributed by atoms with Crippen molar-refractivity contribution in [2.75, 3.05) is 20.2 Å². The van der Waals surface area contributed by atoms with Gasteiger partial charge in [0.05, 0.1) is 13.0 Å². The molecular weight excluding hydrogens is 250 g/mol. The minimum absolute atomic E-state index is 0.160. The number of methoxy groups -OCH3 is 1. The van der Waals surface area contributed by atoms with Gasteiger partial charge in [-0.2, -0.15) is 0 Å².